The van der Waals surface area contributed by atoms with Gasteiger partial charge in [0, 0.05) is 12.4 Å². The lowest BCUT2D eigenvalue weighted by Crippen LogP contribution is -2.01. The van der Waals surface area contributed by atoms with Gasteiger partial charge < -0.3 is 0 Å². The molecule has 2 rings (SSSR count). The topological polar surface area (TPSA) is 56.5 Å². The molecule has 0 radical (unpaired) electrons. The minimum atomic E-state index is 0.619. The van der Waals surface area contributed by atoms with Gasteiger partial charge in [-0.15, -0.1) is 0 Å². The Morgan fingerprint density at radius 1 is 1.25 bits per heavy atom. The van der Waals surface area contributed by atoms with Crippen molar-refractivity contribution in [2.45, 2.75) is 6.54 Å². The first-order valence-electron chi connectivity index (χ1n) is 3.52. The maximum atomic E-state index is 4.10. The van der Waals surface area contributed by atoms with Gasteiger partial charge in [-0.3, -0.25) is 9.97 Å². The van der Waals surface area contributed by atoms with Crippen molar-refractivity contribution in [1.82, 2.24) is 24.7 Å². The van der Waals surface area contributed by atoms with Gasteiger partial charge in [0.05, 0.1) is 18.4 Å². The summed E-state index contributed by atoms with van der Waals surface area (Å²) < 4.78 is 1.70. The van der Waals surface area contributed by atoms with Gasteiger partial charge in [0.2, 0.25) is 0 Å². The molecule has 2 aromatic heterocycles. The molecule has 0 amide bonds. The quantitative estimate of drug-likeness (QED) is 0.627. The Labute approximate surface area is 69.1 Å². The van der Waals surface area contributed by atoms with Crippen molar-refractivity contribution in [3.63, 3.8) is 0 Å². The van der Waals surface area contributed by atoms with E-state index in [4.69, 9.17) is 0 Å². The van der Waals surface area contributed by atoms with Crippen LogP contribution in [-0.4, -0.2) is 24.7 Å². The molecule has 0 fully saturated rings. The third-order valence-corrected chi connectivity index (χ3v) is 1.41. The van der Waals surface area contributed by atoms with Gasteiger partial charge in [0.25, 0.3) is 0 Å². The molecule has 0 aliphatic heterocycles. The van der Waals surface area contributed by atoms with Crippen LogP contribution in [0.1, 0.15) is 5.69 Å². The lowest BCUT2D eigenvalue weighted by molar-refractivity contribution is 0.668. The summed E-state index contributed by atoms with van der Waals surface area (Å²) in [6.45, 7) is 0.619. The van der Waals surface area contributed by atoms with E-state index in [1.807, 2.05) is 0 Å². The van der Waals surface area contributed by atoms with E-state index in [0.717, 1.165) is 5.69 Å². The number of hydrogen-bond acceptors (Lipinski definition) is 4. The van der Waals surface area contributed by atoms with Crippen molar-refractivity contribution < 1.29 is 0 Å². The molecule has 0 saturated carbocycles. The molecule has 5 heteroatoms. The number of hydrogen-bond donors (Lipinski definition) is 0. The molecule has 0 aromatic carbocycles. The molecule has 0 aliphatic carbocycles. The highest BCUT2D eigenvalue weighted by molar-refractivity contribution is 4.94. The summed E-state index contributed by atoms with van der Waals surface area (Å²) in [6, 6.07) is 0. The summed E-state index contributed by atoms with van der Waals surface area (Å²) in [6.07, 6.45) is 8.16. The van der Waals surface area contributed by atoms with Gasteiger partial charge in [-0.2, -0.15) is 5.10 Å². The molecule has 2 heterocycles. The zero-order chi connectivity index (χ0) is 8.23. The van der Waals surface area contributed by atoms with E-state index in [2.05, 4.69) is 20.1 Å². The number of rotatable bonds is 2. The van der Waals surface area contributed by atoms with Crippen LogP contribution in [0.2, 0.25) is 0 Å². The first-order chi connectivity index (χ1) is 5.95. The Hall–Kier alpha value is -1.78. The molecule has 0 atom stereocenters. The lowest BCUT2D eigenvalue weighted by atomic mass is 10.4. The summed E-state index contributed by atoms with van der Waals surface area (Å²) in [5.74, 6) is 0. The summed E-state index contributed by atoms with van der Waals surface area (Å²) in [5.41, 5.74) is 0.878. The molecular formula is C7H7N5. The summed E-state index contributed by atoms with van der Waals surface area (Å²) in [5, 5.41) is 3.95. The highest BCUT2D eigenvalue weighted by Crippen LogP contribution is 1.92. The first-order valence-corrected chi connectivity index (χ1v) is 3.52. The fraction of sp³-hybridized carbons (Fsp3) is 0.143. The molecular weight excluding hydrogens is 154 g/mol. The largest absolute Gasteiger partial charge is 0.261 e. The molecule has 0 N–H and O–H groups in total. The van der Waals surface area contributed by atoms with E-state index in [1.165, 1.54) is 6.33 Å². The van der Waals surface area contributed by atoms with Crippen LogP contribution in [0, 0.1) is 0 Å². The molecule has 0 aliphatic rings. The highest BCUT2D eigenvalue weighted by atomic mass is 15.3. The summed E-state index contributed by atoms with van der Waals surface area (Å²) in [7, 11) is 0. The van der Waals surface area contributed by atoms with Crippen LogP contribution >= 0.6 is 0 Å². The third kappa shape index (κ3) is 1.45. The van der Waals surface area contributed by atoms with Gasteiger partial charge in [-0.05, 0) is 0 Å². The van der Waals surface area contributed by atoms with E-state index in [-0.39, 0.29) is 0 Å². The van der Waals surface area contributed by atoms with Crippen molar-refractivity contribution >= 4 is 0 Å². The minimum Gasteiger partial charge on any atom is -0.261 e. The first kappa shape index (κ1) is 6.90. The van der Waals surface area contributed by atoms with Crippen molar-refractivity contribution in [1.29, 1.82) is 0 Å². The molecule has 0 bridgehead atoms. The van der Waals surface area contributed by atoms with E-state index < -0.39 is 0 Å². The third-order valence-electron chi connectivity index (χ3n) is 1.41. The Balaban J connectivity index is 2.15. The number of aromatic nitrogens is 5. The Morgan fingerprint density at radius 2 is 2.25 bits per heavy atom. The summed E-state index contributed by atoms with van der Waals surface area (Å²) >= 11 is 0. The van der Waals surface area contributed by atoms with Gasteiger partial charge in [0.15, 0.2) is 0 Å². The van der Waals surface area contributed by atoms with Crippen LogP contribution < -0.4 is 0 Å². The van der Waals surface area contributed by atoms with Gasteiger partial charge in [0.1, 0.15) is 12.7 Å². The van der Waals surface area contributed by atoms with Crippen LogP contribution in [0.25, 0.3) is 0 Å². The van der Waals surface area contributed by atoms with E-state index in [1.54, 1.807) is 29.6 Å². The average Bonchev–Trinajstić information content (AvgIpc) is 2.59. The average molecular weight is 161 g/mol. The fourth-order valence-electron chi connectivity index (χ4n) is 0.892. The monoisotopic (exact) mass is 161 g/mol. The molecule has 0 saturated heterocycles. The van der Waals surface area contributed by atoms with Crippen LogP contribution in [0.5, 0.6) is 0 Å². The molecule has 2 aromatic rings. The SMILES string of the molecule is c1cnc(Cn2cncn2)cn1. The van der Waals surface area contributed by atoms with Crippen LogP contribution in [0.4, 0.5) is 0 Å². The molecule has 0 spiro atoms. The second kappa shape index (κ2) is 3.08. The zero-order valence-corrected chi connectivity index (χ0v) is 6.33. The molecule has 60 valence electrons. The van der Waals surface area contributed by atoms with Crippen LogP contribution in [0.15, 0.2) is 31.2 Å². The van der Waals surface area contributed by atoms with Gasteiger partial charge in [-0.25, -0.2) is 9.67 Å². The maximum Gasteiger partial charge on any atom is 0.137 e. The lowest BCUT2D eigenvalue weighted by Gasteiger charge is -1.97. The van der Waals surface area contributed by atoms with Crippen LogP contribution in [0.3, 0.4) is 0 Å². The summed E-state index contributed by atoms with van der Waals surface area (Å²) in [4.78, 5) is 11.9. The van der Waals surface area contributed by atoms with Gasteiger partial charge in [-0.1, -0.05) is 0 Å². The Morgan fingerprint density at radius 3 is 2.92 bits per heavy atom. The Kier molecular flexibility index (Phi) is 1.77. The van der Waals surface area contributed by atoms with Crippen molar-refractivity contribution in [2.24, 2.45) is 0 Å². The highest BCUT2D eigenvalue weighted by Gasteiger charge is 1.94. The zero-order valence-electron chi connectivity index (χ0n) is 6.33. The molecule has 12 heavy (non-hydrogen) atoms. The number of nitrogens with zero attached hydrogens (tertiary/aromatic N) is 5. The van der Waals surface area contributed by atoms with Crippen molar-refractivity contribution in [3.05, 3.63) is 36.9 Å². The maximum absolute atomic E-state index is 4.10. The smallest absolute Gasteiger partial charge is 0.137 e. The molecule has 0 unspecified atom stereocenters. The molecule has 5 nitrogen and oxygen atoms in total. The van der Waals surface area contributed by atoms with Crippen molar-refractivity contribution in [2.75, 3.05) is 0 Å². The Bertz CT molecular complexity index is 328. The van der Waals surface area contributed by atoms with Gasteiger partial charge >= 0.3 is 0 Å². The van der Waals surface area contributed by atoms with E-state index in [0.29, 0.717) is 6.54 Å². The van der Waals surface area contributed by atoms with Crippen molar-refractivity contribution in [3.8, 4) is 0 Å². The van der Waals surface area contributed by atoms with Crippen LogP contribution in [-0.2, 0) is 6.54 Å². The standard InChI is InChI=1S/C7H7N5/c1-2-10-7(3-8-1)4-12-6-9-5-11-12/h1-3,5-6H,4H2. The predicted molar refractivity (Wildman–Crippen MR) is 41.2 cm³/mol. The predicted octanol–water partition coefficient (Wildman–Crippen LogP) is 0.116. The second-order valence-electron chi connectivity index (χ2n) is 2.29. The van der Waals surface area contributed by atoms with E-state index in [9.17, 15) is 0 Å². The fourth-order valence-corrected chi connectivity index (χ4v) is 0.892. The second-order valence-corrected chi connectivity index (χ2v) is 2.29. The normalized spacial score (nSPS) is 10.0. The minimum absolute atomic E-state index is 0.619. The van der Waals surface area contributed by atoms with E-state index >= 15 is 0 Å².